The Morgan fingerprint density at radius 2 is 0.718 bits per heavy atom. The van der Waals surface area contributed by atoms with Gasteiger partial charge in [0, 0.05) is 23.3 Å². The highest BCUT2D eigenvalue weighted by Gasteiger charge is 2.40. The van der Waals surface area contributed by atoms with Crippen LogP contribution in [0.1, 0.15) is 22.3 Å². The van der Waals surface area contributed by atoms with Crippen molar-refractivity contribution in [3.05, 3.63) is 156 Å². The fraction of sp³-hybridized carbons (Fsp3) is 0.136. The van der Waals surface area contributed by atoms with Crippen LogP contribution in [0.25, 0.3) is 0 Å². The van der Waals surface area contributed by atoms with Crippen LogP contribution in [0, 0.1) is 13.8 Å². The lowest BCUT2D eigenvalue weighted by Crippen LogP contribution is -2.25. The third kappa shape index (κ3) is 13.1. The minimum Gasteiger partial charge on any atom is -0.493 e. The average Bonchev–Trinajstić information content (AvgIpc) is 3.29. The molecule has 0 heterocycles. The molecule has 0 atom stereocenters. The summed E-state index contributed by atoms with van der Waals surface area (Å²) in [6.07, 6.45) is -10.6. The summed E-state index contributed by atoms with van der Waals surface area (Å²) in [5.41, 5.74) is -3.61. The summed E-state index contributed by atoms with van der Waals surface area (Å²) in [4.78, 5) is -2.07. The van der Waals surface area contributed by atoms with Gasteiger partial charge in [0.15, 0.2) is 34.4 Å². The van der Waals surface area contributed by atoms with Crippen molar-refractivity contribution in [3.8, 4) is 34.5 Å². The molecule has 6 aromatic rings. The van der Waals surface area contributed by atoms with Crippen LogP contribution in [-0.4, -0.2) is 71.7 Å². The number of nitrogens with zero attached hydrogens (tertiary/aromatic N) is 2. The van der Waals surface area contributed by atoms with Crippen LogP contribution in [0.4, 0.5) is 26.3 Å². The van der Waals surface area contributed by atoms with Crippen molar-refractivity contribution < 1.29 is 91.2 Å². The molecule has 376 valence electrons. The largest absolute Gasteiger partial charge is 0.493 e. The molecule has 6 aromatic carbocycles. The first-order chi connectivity index (χ1) is 33.1. The van der Waals surface area contributed by atoms with E-state index in [1.165, 1.54) is 48.5 Å². The molecule has 0 unspecified atom stereocenters. The molecule has 17 nitrogen and oxygen atoms in total. The third-order valence-electron chi connectivity index (χ3n) is 9.35. The maximum atomic E-state index is 14.2. The molecule has 0 bridgehead atoms. The van der Waals surface area contributed by atoms with E-state index < -0.39 is 108 Å². The number of alkyl halides is 6. The summed E-state index contributed by atoms with van der Waals surface area (Å²) >= 11 is 0. The summed E-state index contributed by atoms with van der Waals surface area (Å²) in [7, 11) is -17.0. The van der Waals surface area contributed by atoms with Crippen LogP contribution >= 0.6 is 0 Å². The first kappa shape index (κ1) is 53.0. The van der Waals surface area contributed by atoms with E-state index in [1.807, 2.05) is 0 Å². The second-order valence-electron chi connectivity index (χ2n) is 14.4. The standard InChI is InChI=1S/C44H34F6N2O15S4/c1-27-5-17-33(18-6-27)68(53,54)64-37-23-21-35(25-39(37)61-3)70(57,58)66-51-41(43(45,46)47)29-9-13-31(14-10-29)63-32-15-11-30(12-16-32)42(44(48,49)50)52-67-71(59,60)36-22-24-38(40(26-36)62-4)65-69(55,56)34-19-7-28(2)8-20-34/h5-26H,1-4H3. The molecule has 0 amide bonds. The van der Waals surface area contributed by atoms with Crippen LogP contribution in [0.2, 0.25) is 0 Å². The summed E-state index contributed by atoms with van der Waals surface area (Å²) in [6, 6.07) is 23.0. The Labute approximate surface area is 401 Å². The molecule has 27 heteroatoms. The fourth-order valence-corrected chi connectivity index (χ4v) is 9.15. The van der Waals surface area contributed by atoms with Crippen LogP contribution in [0.15, 0.2) is 163 Å². The van der Waals surface area contributed by atoms with Gasteiger partial charge in [-0.15, -0.1) is 0 Å². The molecule has 0 fully saturated rings. The molecule has 0 aliphatic carbocycles. The van der Waals surface area contributed by atoms with Gasteiger partial charge in [-0.1, -0.05) is 45.7 Å². The fourth-order valence-electron chi connectivity index (χ4n) is 5.78. The number of benzene rings is 6. The van der Waals surface area contributed by atoms with Gasteiger partial charge >= 0.3 is 52.8 Å². The number of halogens is 6. The summed E-state index contributed by atoms with van der Waals surface area (Å²) in [5.74, 6) is -2.17. The molecule has 0 N–H and O–H groups in total. The number of methoxy groups -OCH3 is 2. The van der Waals surface area contributed by atoms with Crippen LogP contribution in [0.5, 0.6) is 34.5 Å². The maximum Gasteiger partial charge on any atom is 0.437 e. The highest BCUT2D eigenvalue weighted by atomic mass is 32.2. The average molecular weight is 1070 g/mol. The lowest BCUT2D eigenvalue weighted by molar-refractivity contribution is -0.0606. The second-order valence-corrected chi connectivity index (χ2v) is 20.6. The maximum absolute atomic E-state index is 14.2. The minimum absolute atomic E-state index is 0.172. The van der Waals surface area contributed by atoms with E-state index in [0.717, 1.165) is 110 Å². The predicted octanol–water partition coefficient (Wildman–Crippen LogP) is 8.99. The van der Waals surface area contributed by atoms with E-state index >= 15 is 0 Å². The molecule has 0 aliphatic heterocycles. The van der Waals surface area contributed by atoms with Gasteiger partial charge in [0.25, 0.3) is 0 Å². The van der Waals surface area contributed by atoms with E-state index in [4.69, 9.17) is 22.6 Å². The van der Waals surface area contributed by atoms with Crippen LogP contribution in [-0.2, 0) is 49.0 Å². The van der Waals surface area contributed by atoms with Gasteiger partial charge in [0.1, 0.15) is 31.1 Å². The van der Waals surface area contributed by atoms with Crippen molar-refractivity contribution in [2.45, 2.75) is 45.8 Å². The quantitative estimate of drug-likeness (QED) is 0.0339. The Bertz CT molecular complexity index is 3210. The smallest absolute Gasteiger partial charge is 0.437 e. The Hall–Kier alpha value is -7.36. The minimum atomic E-state index is -5.31. The van der Waals surface area contributed by atoms with Gasteiger partial charge in [-0.3, -0.25) is 8.57 Å². The van der Waals surface area contributed by atoms with Gasteiger partial charge in [-0.05, 0) is 111 Å². The van der Waals surface area contributed by atoms with Crippen molar-refractivity contribution >= 4 is 51.9 Å². The first-order valence-electron chi connectivity index (χ1n) is 19.6. The first-order valence-corrected chi connectivity index (χ1v) is 25.2. The highest BCUT2D eigenvalue weighted by Crippen LogP contribution is 2.36. The van der Waals surface area contributed by atoms with Crippen molar-refractivity contribution in [3.63, 3.8) is 0 Å². The molecule has 0 radical (unpaired) electrons. The predicted molar refractivity (Wildman–Crippen MR) is 239 cm³/mol. The molecule has 0 aliphatic rings. The Balaban J connectivity index is 1.14. The van der Waals surface area contributed by atoms with E-state index in [-0.39, 0.29) is 21.3 Å². The third-order valence-corrected chi connectivity index (χ3v) is 14.0. The highest BCUT2D eigenvalue weighted by molar-refractivity contribution is 7.87. The zero-order chi connectivity index (χ0) is 52.2. The molecule has 71 heavy (non-hydrogen) atoms. The molecule has 0 spiro atoms. The number of hydrogen-bond acceptors (Lipinski definition) is 17. The summed E-state index contributed by atoms with van der Waals surface area (Å²) in [5, 5.41) is 5.70. The zero-order valence-electron chi connectivity index (χ0n) is 36.6. The zero-order valence-corrected chi connectivity index (χ0v) is 39.9. The number of oxime groups is 2. The van der Waals surface area contributed by atoms with Crippen molar-refractivity contribution in [2.24, 2.45) is 10.3 Å². The number of rotatable bonds is 18. The molecular weight excluding hydrogens is 1040 g/mol. The summed E-state index contributed by atoms with van der Waals surface area (Å²) in [6.45, 7) is 3.44. The van der Waals surface area contributed by atoms with E-state index in [0.29, 0.717) is 0 Å². The molecular formula is C44H34F6N2O15S4. The lowest BCUT2D eigenvalue weighted by Gasteiger charge is -2.14. The molecule has 0 aromatic heterocycles. The van der Waals surface area contributed by atoms with Crippen molar-refractivity contribution in [1.82, 2.24) is 0 Å². The molecule has 6 rings (SSSR count). The van der Waals surface area contributed by atoms with E-state index in [9.17, 15) is 60.0 Å². The van der Waals surface area contributed by atoms with Gasteiger partial charge in [-0.2, -0.15) is 60.0 Å². The Morgan fingerprint density at radius 1 is 0.408 bits per heavy atom. The number of hydrogen-bond donors (Lipinski definition) is 0. The Kier molecular flexibility index (Phi) is 15.3. The van der Waals surface area contributed by atoms with Crippen molar-refractivity contribution in [2.75, 3.05) is 14.2 Å². The van der Waals surface area contributed by atoms with Gasteiger partial charge in [0.05, 0.1) is 14.2 Å². The van der Waals surface area contributed by atoms with E-state index in [1.54, 1.807) is 13.8 Å². The monoisotopic (exact) mass is 1070 g/mol. The lowest BCUT2D eigenvalue weighted by atomic mass is 10.1. The van der Waals surface area contributed by atoms with Crippen LogP contribution in [0.3, 0.4) is 0 Å². The van der Waals surface area contributed by atoms with Gasteiger partial charge < -0.3 is 22.6 Å². The van der Waals surface area contributed by atoms with Gasteiger partial charge in [0.2, 0.25) is 0 Å². The van der Waals surface area contributed by atoms with Crippen LogP contribution < -0.4 is 22.6 Å². The van der Waals surface area contributed by atoms with Gasteiger partial charge in [-0.25, -0.2) is 0 Å². The number of ether oxygens (including phenoxy) is 3. The molecule has 0 saturated carbocycles. The SMILES string of the molecule is COc1cc(S(=O)(=O)ON=C(c2ccc(Oc3ccc(C(=NOS(=O)(=O)c4ccc(OS(=O)(=O)c5ccc(C)cc5)c(OC)c4)C(F)(F)F)cc3)cc2)C(F)(F)F)ccc1OS(=O)(=O)c1ccc(C)cc1. The van der Waals surface area contributed by atoms with E-state index in [2.05, 4.69) is 18.9 Å². The second kappa shape index (κ2) is 20.5. The molecule has 0 saturated heterocycles. The normalized spacial score (nSPS) is 13.0. The number of aryl methyl sites for hydroxylation is 2. The van der Waals surface area contributed by atoms with Crippen molar-refractivity contribution in [1.29, 1.82) is 0 Å². The Morgan fingerprint density at radius 3 is 1.01 bits per heavy atom. The topological polar surface area (TPSA) is 226 Å². The summed E-state index contributed by atoms with van der Waals surface area (Å²) < 4.78 is 223.